The highest BCUT2D eigenvalue weighted by Gasteiger charge is 2.19. The number of hydrogen-bond donors (Lipinski definition) is 3. The fraction of sp³-hybridized carbons (Fsp3) is 0.615. The van der Waals surface area contributed by atoms with Crippen LogP contribution in [0, 0.1) is 0 Å². The molecular formula is C13H21N5O3. The molecule has 0 amide bonds. The Morgan fingerprint density at radius 1 is 1.43 bits per heavy atom. The smallest absolute Gasteiger partial charge is 0.347 e. The van der Waals surface area contributed by atoms with Crippen molar-refractivity contribution in [2.75, 3.05) is 31.7 Å². The van der Waals surface area contributed by atoms with E-state index in [1.165, 1.54) is 4.40 Å². The maximum absolute atomic E-state index is 11.8. The predicted octanol–water partition coefficient (Wildman–Crippen LogP) is 0.136. The Morgan fingerprint density at radius 2 is 2.19 bits per heavy atom. The number of aliphatic hydroxyl groups is 1. The molecule has 8 heteroatoms. The van der Waals surface area contributed by atoms with Crippen LogP contribution in [0.15, 0.2) is 11.0 Å². The van der Waals surface area contributed by atoms with Gasteiger partial charge in [-0.1, -0.05) is 20.8 Å². The van der Waals surface area contributed by atoms with Crippen LogP contribution < -0.4 is 11.0 Å². The minimum Gasteiger partial charge on any atom is -0.394 e. The summed E-state index contributed by atoms with van der Waals surface area (Å²) >= 11 is 0. The van der Waals surface area contributed by atoms with Gasteiger partial charge in [-0.2, -0.15) is 0 Å². The van der Waals surface area contributed by atoms with Gasteiger partial charge in [0, 0.05) is 18.2 Å². The molecule has 0 saturated heterocycles. The number of nitrogens with one attached hydrogen (secondary N) is 2. The molecule has 0 spiro atoms. The Labute approximate surface area is 122 Å². The number of nitrogens with zero attached hydrogens (tertiary/aromatic N) is 3. The number of aromatic nitrogens is 4. The van der Waals surface area contributed by atoms with Gasteiger partial charge >= 0.3 is 5.69 Å². The quantitative estimate of drug-likeness (QED) is 0.655. The Morgan fingerprint density at radius 3 is 2.86 bits per heavy atom. The molecule has 0 unspecified atom stereocenters. The SMILES string of the molecule is CC(C)(C)c1cn2c(=O)[nH]nc2c(NCCOCCO)n1. The molecular weight excluding hydrogens is 274 g/mol. The lowest BCUT2D eigenvalue weighted by Crippen LogP contribution is -2.20. The van der Waals surface area contributed by atoms with E-state index < -0.39 is 0 Å². The molecule has 8 nitrogen and oxygen atoms in total. The first-order valence-corrected chi connectivity index (χ1v) is 6.84. The van der Waals surface area contributed by atoms with Gasteiger partial charge in [0.05, 0.1) is 25.5 Å². The lowest BCUT2D eigenvalue weighted by molar-refractivity contribution is 0.0992. The van der Waals surface area contributed by atoms with E-state index in [4.69, 9.17) is 9.84 Å². The normalized spacial score (nSPS) is 12.0. The van der Waals surface area contributed by atoms with Crippen molar-refractivity contribution in [3.63, 3.8) is 0 Å². The van der Waals surface area contributed by atoms with Crippen molar-refractivity contribution < 1.29 is 9.84 Å². The van der Waals surface area contributed by atoms with Gasteiger partial charge in [0.25, 0.3) is 0 Å². The fourth-order valence-corrected chi connectivity index (χ4v) is 1.80. The summed E-state index contributed by atoms with van der Waals surface area (Å²) in [6.45, 7) is 7.33. The van der Waals surface area contributed by atoms with Crippen LogP contribution in [-0.2, 0) is 10.2 Å². The van der Waals surface area contributed by atoms with E-state index in [0.717, 1.165) is 5.69 Å². The van der Waals surface area contributed by atoms with E-state index in [1.807, 2.05) is 20.8 Å². The minimum absolute atomic E-state index is 0.00321. The standard InChI is InChI=1S/C13H21N5O3/c1-13(2,3)9-8-18-11(16-17-12(18)20)10(15-9)14-4-6-21-7-5-19/h8,19H,4-7H2,1-3H3,(H,14,15)(H,17,20). The molecule has 21 heavy (non-hydrogen) atoms. The van der Waals surface area contributed by atoms with Crippen LogP contribution in [0.2, 0.25) is 0 Å². The molecule has 0 atom stereocenters. The molecule has 3 N–H and O–H groups in total. The first kappa shape index (κ1) is 15.5. The summed E-state index contributed by atoms with van der Waals surface area (Å²) in [6.07, 6.45) is 1.70. The van der Waals surface area contributed by atoms with Gasteiger partial charge in [0.15, 0.2) is 5.82 Å². The van der Waals surface area contributed by atoms with Crippen LogP contribution >= 0.6 is 0 Å². The number of fused-ring (bicyclic) bond motifs is 1. The highest BCUT2D eigenvalue weighted by atomic mass is 16.5. The number of aliphatic hydroxyl groups excluding tert-OH is 1. The molecule has 0 bridgehead atoms. The zero-order valence-electron chi connectivity index (χ0n) is 12.5. The van der Waals surface area contributed by atoms with Crippen molar-refractivity contribution >= 4 is 11.5 Å². The summed E-state index contributed by atoms with van der Waals surface area (Å²) in [5.74, 6) is 0.536. The first-order chi connectivity index (χ1) is 9.93. The van der Waals surface area contributed by atoms with Gasteiger partial charge in [-0.25, -0.2) is 19.3 Å². The van der Waals surface area contributed by atoms with Crippen molar-refractivity contribution in [3.05, 3.63) is 22.4 Å². The maximum Gasteiger partial charge on any atom is 0.347 e. The summed E-state index contributed by atoms with van der Waals surface area (Å²) in [5.41, 5.74) is 0.763. The zero-order valence-corrected chi connectivity index (χ0v) is 12.5. The second-order valence-corrected chi connectivity index (χ2v) is 5.71. The lowest BCUT2D eigenvalue weighted by atomic mass is 9.93. The third kappa shape index (κ3) is 3.59. The topological polar surface area (TPSA) is 105 Å². The van der Waals surface area contributed by atoms with E-state index in [2.05, 4.69) is 20.5 Å². The highest BCUT2D eigenvalue weighted by Crippen LogP contribution is 2.22. The highest BCUT2D eigenvalue weighted by molar-refractivity contribution is 5.62. The number of rotatable bonds is 6. The second-order valence-electron chi connectivity index (χ2n) is 5.71. The zero-order chi connectivity index (χ0) is 15.5. The average molecular weight is 295 g/mol. The molecule has 2 aromatic heterocycles. The van der Waals surface area contributed by atoms with Gasteiger partial charge in [0.1, 0.15) is 0 Å². The molecule has 0 aliphatic carbocycles. The molecule has 2 aromatic rings. The van der Waals surface area contributed by atoms with E-state index in [1.54, 1.807) is 6.20 Å². The summed E-state index contributed by atoms with van der Waals surface area (Å²) in [5, 5.41) is 18.2. The van der Waals surface area contributed by atoms with Crippen LogP contribution in [0.4, 0.5) is 5.82 Å². The van der Waals surface area contributed by atoms with E-state index in [0.29, 0.717) is 31.2 Å². The molecule has 0 aliphatic rings. The van der Waals surface area contributed by atoms with E-state index in [9.17, 15) is 4.79 Å². The molecule has 0 saturated carbocycles. The second kappa shape index (κ2) is 6.23. The number of aromatic amines is 1. The summed E-state index contributed by atoms with van der Waals surface area (Å²) < 4.78 is 6.63. The molecule has 2 rings (SSSR count). The summed E-state index contributed by atoms with van der Waals surface area (Å²) in [7, 11) is 0. The largest absolute Gasteiger partial charge is 0.394 e. The maximum atomic E-state index is 11.8. The van der Waals surface area contributed by atoms with Crippen LogP contribution in [0.25, 0.3) is 5.65 Å². The number of hydrogen-bond acceptors (Lipinski definition) is 6. The molecule has 0 radical (unpaired) electrons. The number of anilines is 1. The van der Waals surface area contributed by atoms with Crippen LogP contribution in [0.3, 0.4) is 0 Å². The predicted molar refractivity (Wildman–Crippen MR) is 78.7 cm³/mol. The van der Waals surface area contributed by atoms with Gasteiger partial charge in [-0.3, -0.25) is 0 Å². The molecule has 0 aromatic carbocycles. The average Bonchev–Trinajstić information content (AvgIpc) is 2.79. The number of H-pyrrole nitrogens is 1. The van der Waals surface area contributed by atoms with Crippen molar-refractivity contribution in [2.45, 2.75) is 26.2 Å². The Bertz CT molecular complexity index is 656. The van der Waals surface area contributed by atoms with Crippen LogP contribution in [-0.4, -0.2) is 51.1 Å². The molecule has 0 aliphatic heterocycles. The van der Waals surface area contributed by atoms with Crippen molar-refractivity contribution in [3.8, 4) is 0 Å². The molecule has 2 heterocycles. The molecule has 0 fully saturated rings. The Kier molecular flexibility index (Phi) is 4.59. The van der Waals surface area contributed by atoms with E-state index >= 15 is 0 Å². The van der Waals surface area contributed by atoms with Crippen LogP contribution in [0.5, 0.6) is 0 Å². The van der Waals surface area contributed by atoms with Gasteiger partial charge in [0.2, 0.25) is 5.65 Å². The fourth-order valence-electron chi connectivity index (χ4n) is 1.80. The van der Waals surface area contributed by atoms with Crippen molar-refractivity contribution in [1.82, 2.24) is 19.6 Å². The van der Waals surface area contributed by atoms with E-state index in [-0.39, 0.29) is 17.7 Å². The summed E-state index contributed by atoms with van der Waals surface area (Å²) in [4.78, 5) is 16.3. The number of ether oxygens (including phenoxy) is 1. The van der Waals surface area contributed by atoms with Crippen molar-refractivity contribution in [1.29, 1.82) is 0 Å². The molecule has 116 valence electrons. The summed E-state index contributed by atoms with van der Waals surface area (Å²) in [6, 6.07) is 0. The van der Waals surface area contributed by atoms with Crippen molar-refractivity contribution in [2.24, 2.45) is 0 Å². The minimum atomic E-state index is -0.294. The van der Waals surface area contributed by atoms with Gasteiger partial charge in [-0.05, 0) is 0 Å². The van der Waals surface area contributed by atoms with Crippen LogP contribution in [0.1, 0.15) is 26.5 Å². The Hall–Kier alpha value is -1.93. The Balaban J connectivity index is 2.26. The third-order valence-electron chi connectivity index (χ3n) is 2.94. The lowest BCUT2D eigenvalue weighted by Gasteiger charge is -2.19. The monoisotopic (exact) mass is 295 g/mol. The van der Waals surface area contributed by atoms with Gasteiger partial charge in [-0.15, -0.1) is 5.10 Å². The van der Waals surface area contributed by atoms with Gasteiger partial charge < -0.3 is 15.2 Å². The first-order valence-electron chi connectivity index (χ1n) is 6.84. The third-order valence-corrected chi connectivity index (χ3v) is 2.94.